The summed E-state index contributed by atoms with van der Waals surface area (Å²) in [5.74, 6) is 0.664. The van der Waals surface area contributed by atoms with Crippen molar-refractivity contribution < 1.29 is 18.9 Å². The summed E-state index contributed by atoms with van der Waals surface area (Å²) in [5, 5.41) is 11.5. The zero-order valence-electron chi connectivity index (χ0n) is 15.4. The number of hydrogen-bond donors (Lipinski definition) is 0. The van der Waals surface area contributed by atoms with Crippen LogP contribution >= 0.6 is 0 Å². The standard InChI is InChI=1S/C19H19FN2O4Si/c1-27(2,3)9-8-12-10-15(20)17(11-16(12)22(25)26)21-18(23)13-6-4-5-7-14(13)19(21)24/h10-11H,4-7H2,1-3H3. The van der Waals surface area contributed by atoms with Gasteiger partial charge in [-0.25, -0.2) is 9.29 Å². The predicted octanol–water partition coefficient (Wildman–Crippen LogP) is 3.71. The second kappa shape index (κ2) is 6.74. The van der Waals surface area contributed by atoms with Gasteiger partial charge in [0.25, 0.3) is 17.5 Å². The third-order valence-electron chi connectivity index (χ3n) is 4.47. The molecule has 0 saturated carbocycles. The second-order valence-electron chi connectivity index (χ2n) is 7.69. The quantitative estimate of drug-likeness (QED) is 0.255. The van der Waals surface area contributed by atoms with Gasteiger partial charge in [0.2, 0.25) is 0 Å². The molecule has 0 radical (unpaired) electrons. The van der Waals surface area contributed by atoms with Crippen LogP contribution in [0, 0.1) is 27.4 Å². The number of halogens is 1. The van der Waals surface area contributed by atoms with Crippen molar-refractivity contribution in [3.63, 3.8) is 0 Å². The van der Waals surface area contributed by atoms with Crippen molar-refractivity contribution >= 4 is 31.3 Å². The highest BCUT2D eigenvalue weighted by Crippen LogP contribution is 2.38. The van der Waals surface area contributed by atoms with E-state index in [9.17, 15) is 24.1 Å². The molecular weight excluding hydrogens is 367 g/mol. The van der Waals surface area contributed by atoms with E-state index in [1.165, 1.54) is 0 Å². The molecule has 0 bridgehead atoms. The van der Waals surface area contributed by atoms with Gasteiger partial charge < -0.3 is 0 Å². The lowest BCUT2D eigenvalue weighted by Crippen LogP contribution is -2.32. The molecule has 1 aromatic carbocycles. The van der Waals surface area contributed by atoms with Crippen molar-refractivity contribution in [2.24, 2.45) is 0 Å². The number of nitrogens with zero attached hydrogens (tertiary/aromatic N) is 2. The maximum Gasteiger partial charge on any atom is 0.287 e. The molecule has 0 saturated heterocycles. The molecule has 0 atom stereocenters. The molecule has 0 spiro atoms. The second-order valence-corrected chi connectivity index (χ2v) is 12.4. The van der Waals surface area contributed by atoms with Gasteiger partial charge in [-0.3, -0.25) is 19.7 Å². The number of rotatable bonds is 2. The Bertz CT molecular complexity index is 938. The minimum absolute atomic E-state index is 0.0551. The Morgan fingerprint density at radius 3 is 2.15 bits per heavy atom. The van der Waals surface area contributed by atoms with Gasteiger partial charge in [-0.15, -0.1) is 5.54 Å². The van der Waals surface area contributed by atoms with E-state index in [0.29, 0.717) is 24.0 Å². The average Bonchev–Trinajstić information content (AvgIpc) is 2.84. The van der Waals surface area contributed by atoms with Gasteiger partial charge in [0.1, 0.15) is 19.5 Å². The summed E-state index contributed by atoms with van der Waals surface area (Å²) in [6, 6.07) is 1.89. The fraction of sp³-hybridized carbons (Fsp3) is 0.368. The number of benzene rings is 1. The number of imide groups is 1. The van der Waals surface area contributed by atoms with Crippen LogP contribution in [-0.2, 0) is 9.59 Å². The monoisotopic (exact) mass is 386 g/mol. The summed E-state index contributed by atoms with van der Waals surface area (Å²) in [6.45, 7) is 5.90. The normalized spacial score (nSPS) is 17.0. The molecule has 0 aromatic heterocycles. The third-order valence-corrected chi connectivity index (χ3v) is 5.34. The van der Waals surface area contributed by atoms with E-state index in [4.69, 9.17) is 0 Å². The Hall–Kier alpha value is -2.79. The summed E-state index contributed by atoms with van der Waals surface area (Å²) in [5.41, 5.74) is 2.91. The van der Waals surface area contributed by atoms with E-state index in [1.807, 2.05) is 19.6 Å². The molecule has 2 amide bonds. The summed E-state index contributed by atoms with van der Waals surface area (Å²) in [7, 11) is -1.83. The van der Waals surface area contributed by atoms with Gasteiger partial charge >= 0.3 is 0 Å². The van der Waals surface area contributed by atoms with Gasteiger partial charge in [-0.05, 0) is 31.7 Å². The lowest BCUT2D eigenvalue weighted by atomic mass is 9.93. The summed E-state index contributed by atoms with van der Waals surface area (Å²) >= 11 is 0. The Balaban J connectivity index is 2.09. The highest BCUT2D eigenvalue weighted by molar-refractivity contribution is 6.83. The fourth-order valence-corrected chi connectivity index (χ4v) is 3.70. The first-order valence-electron chi connectivity index (χ1n) is 8.72. The number of carbonyl (C=O) groups is 2. The highest BCUT2D eigenvalue weighted by Gasteiger charge is 2.41. The van der Waals surface area contributed by atoms with Crippen molar-refractivity contribution in [3.8, 4) is 11.5 Å². The predicted molar refractivity (Wildman–Crippen MR) is 101 cm³/mol. The summed E-state index contributed by atoms with van der Waals surface area (Å²) in [6.07, 6.45) is 2.53. The van der Waals surface area contributed by atoms with Gasteiger partial charge in [0.15, 0.2) is 0 Å². The van der Waals surface area contributed by atoms with Crippen LogP contribution in [0.5, 0.6) is 0 Å². The number of carbonyl (C=O) groups excluding carboxylic acids is 2. The molecular formula is C19H19FN2O4Si. The van der Waals surface area contributed by atoms with Gasteiger partial charge in [0.05, 0.1) is 10.6 Å². The van der Waals surface area contributed by atoms with Gasteiger partial charge in [-0.1, -0.05) is 25.6 Å². The number of nitro benzene ring substituents is 1. The Kier molecular flexibility index (Phi) is 4.74. The van der Waals surface area contributed by atoms with Crippen molar-refractivity contribution in [3.05, 3.63) is 44.8 Å². The molecule has 140 valence electrons. The first-order chi connectivity index (χ1) is 12.6. The molecule has 0 unspecified atom stereocenters. The lowest BCUT2D eigenvalue weighted by molar-refractivity contribution is -0.385. The molecule has 27 heavy (non-hydrogen) atoms. The molecule has 2 aliphatic rings. The van der Waals surface area contributed by atoms with E-state index in [2.05, 4.69) is 11.5 Å². The zero-order chi connectivity index (χ0) is 19.9. The molecule has 0 fully saturated rings. The lowest BCUT2D eigenvalue weighted by Gasteiger charge is -2.16. The fourth-order valence-electron chi connectivity index (χ4n) is 3.19. The molecule has 1 heterocycles. The van der Waals surface area contributed by atoms with Crippen LogP contribution in [-0.4, -0.2) is 24.8 Å². The van der Waals surface area contributed by atoms with E-state index >= 15 is 0 Å². The molecule has 1 aromatic rings. The van der Waals surface area contributed by atoms with Crippen LogP contribution < -0.4 is 4.90 Å². The van der Waals surface area contributed by atoms with Crippen molar-refractivity contribution in [1.29, 1.82) is 0 Å². The smallest absolute Gasteiger partial charge is 0.269 e. The number of anilines is 1. The van der Waals surface area contributed by atoms with Gasteiger partial charge in [-0.2, -0.15) is 0 Å². The minimum Gasteiger partial charge on any atom is -0.269 e. The summed E-state index contributed by atoms with van der Waals surface area (Å²) in [4.78, 5) is 36.8. The van der Waals surface area contributed by atoms with Crippen molar-refractivity contribution in [1.82, 2.24) is 0 Å². The van der Waals surface area contributed by atoms with Crippen LogP contribution in [0.4, 0.5) is 15.8 Å². The third kappa shape index (κ3) is 3.55. The van der Waals surface area contributed by atoms with Crippen LogP contribution in [0.2, 0.25) is 19.6 Å². The maximum absolute atomic E-state index is 14.7. The van der Waals surface area contributed by atoms with E-state index in [0.717, 1.165) is 29.9 Å². The average molecular weight is 386 g/mol. The molecule has 8 heteroatoms. The van der Waals surface area contributed by atoms with Crippen LogP contribution in [0.1, 0.15) is 31.2 Å². The first kappa shape index (κ1) is 19.0. The Morgan fingerprint density at radius 2 is 1.67 bits per heavy atom. The first-order valence-corrected chi connectivity index (χ1v) is 12.2. The number of amides is 2. The number of nitro groups is 1. The van der Waals surface area contributed by atoms with E-state index < -0.39 is 36.3 Å². The molecule has 0 N–H and O–H groups in total. The SMILES string of the molecule is C[Si](C)(C)C#Cc1cc(F)c(N2C(=O)C3=C(CCCC3)C2=O)cc1[N+](=O)[O-]. The van der Waals surface area contributed by atoms with E-state index in [-0.39, 0.29) is 11.3 Å². The maximum atomic E-state index is 14.7. The van der Waals surface area contributed by atoms with Crippen LogP contribution in [0.15, 0.2) is 23.3 Å². The van der Waals surface area contributed by atoms with Crippen LogP contribution in [0.3, 0.4) is 0 Å². The largest absolute Gasteiger partial charge is 0.287 e. The van der Waals surface area contributed by atoms with Crippen molar-refractivity contribution in [2.75, 3.05) is 4.90 Å². The van der Waals surface area contributed by atoms with Crippen LogP contribution in [0.25, 0.3) is 0 Å². The Morgan fingerprint density at radius 1 is 1.11 bits per heavy atom. The van der Waals surface area contributed by atoms with Crippen molar-refractivity contribution in [2.45, 2.75) is 45.3 Å². The minimum atomic E-state index is -1.83. The molecule has 6 nitrogen and oxygen atoms in total. The van der Waals surface area contributed by atoms with E-state index in [1.54, 1.807) is 0 Å². The summed E-state index contributed by atoms with van der Waals surface area (Å²) < 4.78 is 14.7. The number of hydrogen-bond acceptors (Lipinski definition) is 4. The topological polar surface area (TPSA) is 80.5 Å². The highest BCUT2D eigenvalue weighted by atomic mass is 28.3. The molecule has 1 aliphatic heterocycles. The molecule has 3 rings (SSSR count). The molecule has 1 aliphatic carbocycles. The zero-order valence-corrected chi connectivity index (χ0v) is 16.4. The van der Waals surface area contributed by atoms with Gasteiger partial charge in [0, 0.05) is 17.2 Å². The Labute approximate surface area is 157 Å².